The quantitative estimate of drug-likeness (QED) is 0.232. The number of nitrogens with one attached hydrogen (secondary N) is 4. The number of anilines is 1. The van der Waals surface area contributed by atoms with Crippen molar-refractivity contribution in [3.05, 3.63) is 45.6 Å². The van der Waals surface area contributed by atoms with Crippen LogP contribution in [0.2, 0.25) is 0 Å². The zero-order valence-corrected chi connectivity index (χ0v) is 27.0. The van der Waals surface area contributed by atoms with E-state index in [4.69, 9.17) is 0 Å². The van der Waals surface area contributed by atoms with E-state index >= 15 is 0 Å². The number of imidazole rings is 1. The van der Waals surface area contributed by atoms with Gasteiger partial charge in [-0.25, -0.2) is 0 Å². The predicted octanol–water partition coefficient (Wildman–Crippen LogP) is 6.98. The molecule has 1 amide bonds. The molecule has 1 atom stereocenters. The molecule has 3 aromatic rings. The molecule has 1 saturated heterocycles. The van der Waals surface area contributed by atoms with Crippen LogP contribution in [0, 0.1) is 17.8 Å². The summed E-state index contributed by atoms with van der Waals surface area (Å²) in [6.07, 6.45) is 10.3. The Labute approximate surface area is 252 Å². The van der Waals surface area contributed by atoms with E-state index in [0.29, 0.717) is 29.5 Å². The molecule has 2 aromatic heterocycles. The minimum atomic E-state index is -0.340. The number of amides is 1. The number of hydrogen-bond donors (Lipinski definition) is 4. The molecular formula is C34H54N6O2. The third kappa shape index (κ3) is 8.93. The first kappa shape index (κ1) is 33.4. The average Bonchev–Trinajstić information content (AvgIpc) is 3.36. The van der Waals surface area contributed by atoms with E-state index in [-0.39, 0.29) is 23.1 Å². The number of aliphatic imine (C=N–C) groups is 1. The number of carbonyl (C=O) groups excluding carboxylic acids is 1. The Morgan fingerprint density at radius 2 is 1.69 bits per heavy atom. The second-order valence-electron chi connectivity index (χ2n) is 12.5. The van der Waals surface area contributed by atoms with Crippen molar-refractivity contribution in [1.29, 1.82) is 0 Å². The third-order valence-electron chi connectivity index (χ3n) is 7.88. The summed E-state index contributed by atoms with van der Waals surface area (Å²) in [6.45, 7) is 18.0. The van der Waals surface area contributed by atoms with Crippen LogP contribution >= 0.6 is 0 Å². The standard InChI is InChI=1S/C21H24N6O2.C9H20.C4H10/c1-12-23-11-14-18(28)17(21(29)24-10-13-6-8-22-9-7-13)20-26-15-4-2-3-5-16(15)27(20)19(14)25-12;1-8(2)6-5-7-9(3)4;1-3-4-2/h2-5,11-13,22,25-26H,6-10H2,1H3,(H,24,29);8-9H,5-7H2,1-4H3;3-4H2,1-2H3. The molecule has 1 unspecified atom stereocenters. The monoisotopic (exact) mass is 578 g/mol. The lowest BCUT2D eigenvalue weighted by atomic mass is 9.98. The van der Waals surface area contributed by atoms with E-state index in [1.165, 1.54) is 32.1 Å². The summed E-state index contributed by atoms with van der Waals surface area (Å²) < 4.78 is 1.92. The minimum absolute atomic E-state index is 0.136. The lowest BCUT2D eigenvalue weighted by Crippen LogP contribution is -2.38. The molecule has 232 valence electrons. The van der Waals surface area contributed by atoms with Crippen LogP contribution in [0.5, 0.6) is 0 Å². The van der Waals surface area contributed by atoms with Crippen LogP contribution in [0.3, 0.4) is 0 Å². The van der Waals surface area contributed by atoms with Crippen LogP contribution in [0.15, 0.2) is 34.1 Å². The van der Waals surface area contributed by atoms with E-state index in [0.717, 1.165) is 48.8 Å². The first-order chi connectivity index (χ1) is 20.2. The van der Waals surface area contributed by atoms with Gasteiger partial charge >= 0.3 is 0 Å². The molecule has 0 bridgehead atoms. The number of fused-ring (bicyclic) bond motifs is 5. The van der Waals surface area contributed by atoms with Gasteiger partial charge in [0.15, 0.2) is 0 Å². The van der Waals surface area contributed by atoms with Crippen molar-refractivity contribution in [2.24, 2.45) is 22.7 Å². The van der Waals surface area contributed by atoms with Crippen LogP contribution in [-0.4, -0.2) is 47.3 Å². The fourth-order valence-electron chi connectivity index (χ4n) is 5.19. The Kier molecular flexibility index (Phi) is 13.1. The number of H-pyrrole nitrogens is 1. The third-order valence-corrected chi connectivity index (χ3v) is 7.88. The van der Waals surface area contributed by atoms with Gasteiger partial charge in [0.05, 0.1) is 16.6 Å². The maximum atomic E-state index is 13.3. The maximum Gasteiger partial charge on any atom is 0.259 e. The first-order valence-corrected chi connectivity index (χ1v) is 16.2. The van der Waals surface area contributed by atoms with Gasteiger partial charge in [-0.2, -0.15) is 0 Å². The van der Waals surface area contributed by atoms with Crippen LogP contribution in [0.25, 0.3) is 16.7 Å². The van der Waals surface area contributed by atoms with Gasteiger partial charge in [-0.3, -0.25) is 19.0 Å². The van der Waals surface area contributed by atoms with E-state index in [1.54, 1.807) is 6.21 Å². The number of nitrogens with zero attached hydrogens (tertiary/aromatic N) is 2. The highest BCUT2D eigenvalue weighted by molar-refractivity contribution is 6.05. The van der Waals surface area contributed by atoms with Crippen molar-refractivity contribution < 1.29 is 4.79 Å². The van der Waals surface area contributed by atoms with Crippen LogP contribution < -0.4 is 21.4 Å². The number of unbranched alkanes of at least 4 members (excludes halogenated alkanes) is 1. The molecule has 8 heteroatoms. The average molecular weight is 579 g/mol. The largest absolute Gasteiger partial charge is 0.352 e. The summed E-state index contributed by atoms with van der Waals surface area (Å²) in [7, 11) is 0. The van der Waals surface area contributed by atoms with E-state index in [1.807, 2.05) is 35.6 Å². The van der Waals surface area contributed by atoms with E-state index in [2.05, 4.69) is 67.5 Å². The second kappa shape index (κ2) is 16.5. The van der Waals surface area contributed by atoms with E-state index in [9.17, 15) is 9.59 Å². The summed E-state index contributed by atoms with van der Waals surface area (Å²) in [5.74, 6) is 2.54. The van der Waals surface area contributed by atoms with Crippen molar-refractivity contribution in [3.63, 3.8) is 0 Å². The van der Waals surface area contributed by atoms with Gasteiger partial charge in [0.2, 0.25) is 5.43 Å². The van der Waals surface area contributed by atoms with Gasteiger partial charge in [-0.05, 0) is 62.7 Å². The lowest BCUT2D eigenvalue weighted by Gasteiger charge is -2.23. The van der Waals surface area contributed by atoms with Gasteiger partial charge in [-0.1, -0.05) is 85.8 Å². The SMILES string of the molecule is CC(C)CCCC(C)C.CC1N=Cc2c(n3c([nH]c4ccccc43)c(C(=O)NCC3CCNCC3)c2=O)N1.CCCC. The molecule has 4 heterocycles. The fraction of sp³-hybridized carbons (Fsp3) is 0.618. The number of aromatic amines is 1. The number of benzene rings is 1. The number of piperidine rings is 1. The Morgan fingerprint density at radius 1 is 1.05 bits per heavy atom. The fourth-order valence-corrected chi connectivity index (χ4v) is 5.19. The summed E-state index contributed by atoms with van der Waals surface area (Å²) in [5.41, 5.74) is 2.52. The van der Waals surface area contributed by atoms with Gasteiger partial charge in [0.25, 0.3) is 5.91 Å². The highest BCUT2D eigenvalue weighted by Gasteiger charge is 2.27. The van der Waals surface area contributed by atoms with Crippen molar-refractivity contribution >= 4 is 34.6 Å². The summed E-state index contributed by atoms with van der Waals surface area (Å²) in [4.78, 5) is 34.0. The number of aromatic nitrogens is 2. The summed E-state index contributed by atoms with van der Waals surface area (Å²) in [6, 6.07) is 7.78. The first-order valence-electron chi connectivity index (χ1n) is 16.2. The summed E-state index contributed by atoms with van der Waals surface area (Å²) >= 11 is 0. The number of pyridine rings is 1. The molecule has 4 N–H and O–H groups in total. The Balaban J connectivity index is 0.000000315. The molecule has 2 aliphatic heterocycles. The molecule has 0 radical (unpaired) electrons. The number of carbonyl (C=O) groups is 1. The molecule has 0 saturated carbocycles. The van der Waals surface area contributed by atoms with Gasteiger partial charge < -0.3 is 20.9 Å². The molecule has 0 aliphatic carbocycles. The molecule has 8 nitrogen and oxygen atoms in total. The molecule has 1 fully saturated rings. The van der Waals surface area contributed by atoms with Gasteiger partial charge in [0, 0.05) is 12.8 Å². The highest BCUT2D eigenvalue weighted by atomic mass is 16.2. The maximum absolute atomic E-state index is 13.3. The van der Waals surface area contributed by atoms with Crippen molar-refractivity contribution in [1.82, 2.24) is 20.0 Å². The number of rotatable bonds is 8. The molecule has 42 heavy (non-hydrogen) atoms. The van der Waals surface area contributed by atoms with Crippen LogP contribution in [0.4, 0.5) is 5.82 Å². The minimum Gasteiger partial charge on any atom is -0.352 e. The highest BCUT2D eigenvalue weighted by Crippen LogP contribution is 2.26. The van der Waals surface area contributed by atoms with Crippen LogP contribution in [-0.2, 0) is 0 Å². The van der Waals surface area contributed by atoms with Gasteiger partial charge in [-0.15, -0.1) is 0 Å². The van der Waals surface area contributed by atoms with Crippen molar-refractivity contribution in [2.75, 3.05) is 25.0 Å². The molecular weight excluding hydrogens is 524 g/mol. The van der Waals surface area contributed by atoms with Crippen LogP contribution in [0.1, 0.15) is 109 Å². The predicted molar refractivity (Wildman–Crippen MR) is 178 cm³/mol. The number of para-hydroxylation sites is 2. The molecule has 0 spiro atoms. The zero-order chi connectivity index (χ0) is 30.6. The molecule has 1 aromatic carbocycles. The summed E-state index contributed by atoms with van der Waals surface area (Å²) in [5, 5.41) is 9.60. The lowest BCUT2D eigenvalue weighted by molar-refractivity contribution is 0.0944. The normalized spacial score (nSPS) is 16.5. The van der Waals surface area contributed by atoms with Crippen molar-refractivity contribution in [3.8, 4) is 0 Å². The zero-order valence-electron chi connectivity index (χ0n) is 27.0. The number of hydrogen-bond acceptors (Lipinski definition) is 5. The molecule has 5 rings (SSSR count). The second-order valence-corrected chi connectivity index (χ2v) is 12.5. The smallest absolute Gasteiger partial charge is 0.259 e. The Bertz CT molecular complexity index is 1350. The van der Waals surface area contributed by atoms with Gasteiger partial charge in [0.1, 0.15) is 23.2 Å². The Morgan fingerprint density at radius 3 is 2.31 bits per heavy atom. The Hall–Kier alpha value is -3.13. The topological polar surface area (TPSA) is 103 Å². The van der Waals surface area contributed by atoms with Crippen molar-refractivity contribution in [2.45, 2.75) is 99.6 Å². The molecule has 2 aliphatic rings. The van der Waals surface area contributed by atoms with E-state index < -0.39 is 0 Å².